The van der Waals surface area contributed by atoms with Crippen molar-refractivity contribution in [2.75, 3.05) is 31.2 Å². The summed E-state index contributed by atoms with van der Waals surface area (Å²) >= 11 is 3.37. The molecule has 2 atom stereocenters. The number of sulfone groups is 1. The van der Waals surface area contributed by atoms with Gasteiger partial charge < -0.3 is 4.74 Å². The molecule has 2 rings (SSSR count). The lowest BCUT2D eigenvalue weighted by Gasteiger charge is -2.29. The van der Waals surface area contributed by atoms with Crippen molar-refractivity contribution >= 4 is 25.8 Å². The Hall–Kier alpha value is 0.0900. The molecule has 2 saturated heterocycles. The molecule has 0 aromatic heterocycles. The summed E-state index contributed by atoms with van der Waals surface area (Å²) in [5.41, 5.74) is 0. The molecule has 0 radical (unpaired) electrons. The monoisotopic (exact) mass is 337 g/mol. The van der Waals surface area contributed by atoms with Crippen LogP contribution >= 0.6 is 15.9 Å². The number of hydrogen-bond acceptors (Lipinski definition) is 4. The molecule has 4 nitrogen and oxygen atoms in total. The van der Waals surface area contributed by atoms with Gasteiger partial charge in [0.05, 0.1) is 17.6 Å². The third-order valence-electron chi connectivity index (χ3n) is 3.56. The van der Waals surface area contributed by atoms with Crippen LogP contribution in [0.1, 0.15) is 19.3 Å². The lowest BCUT2D eigenvalue weighted by molar-refractivity contribution is 0.0654. The molecule has 18 heavy (non-hydrogen) atoms. The van der Waals surface area contributed by atoms with Crippen molar-refractivity contribution in [1.29, 1.82) is 0 Å². The number of halogens is 1. The van der Waals surface area contributed by atoms with Gasteiger partial charge in [-0.2, -0.15) is 0 Å². The fourth-order valence-electron chi connectivity index (χ4n) is 2.68. The Kier molecular flexibility index (Phi) is 4.86. The van der Waals surface area contributed by atoms with Gasteiger partial charge in [-0.05, 0) is 19.3 Å². The van der Waals surface area contributed by atoms with E-state index in [-0.39, 0.29) is 17.9 Å². The third kappa shape index (κ3) is 4.05. The molecule has 0 saturated carbocycles. The Morgan fingerprint density at radius 2 is 2.22 bits per heavy atom. The van der Waals surface area contributed by atoms with E-state index >= 15 is 0 Å². The average Bonchev–Trinajstić information content (AvgIpc) is 2.86. The summed E-state index contributed by atoms with van der Waals surface area (Å²) in [6, 6.07) is 0.119. The maximum Gasteiger partial charge on any atom is 0.151 e. The number of hydrogen-bond donors (Lipinski definition) is 0. The van der Waals surface area contributed by atoms with Crippen LogP contribution in [0.5, 0.6) is 0 Å². The highest BCUT2D eigenvalue weighted by molar-refractivity contribution is 9.11. The van der Waals surface area contributed by atoms with Gasteiger partial charge in [-0.25, -0.2) is 8.42 Å². The van der Waals surface area contributed by atoms with Crippen molar-refractivity contribution in [2.24, 2.45) is 0 Å². The Bertz CT molecular complexity index is 404. The number of rotatable bonds is 5. The van der Waals surface area contributed by atoms with Crippen LogP contribution in [0.2, 0.25) is 0 Å². The fraction of sp³-hybridized carbons (Fsp3) is 0.833. The topological polar surface area (TPSA) is 46.6 Å². The van der Waals surface area contributed by atoms with Crippen LogP contribution in [-0.4, -0.2) is 56.7 Å². The standard InChI is InChI=1S/C12H20BrNO3S/c1-10(13)7-14(8-12-3-2-5-17-12)11-4-6-18(15,16)9-11/h11-12H,1-9H2/t11-,12+/m0/s1. The Balaban J connectivity index is 1.98. The molecule has 0 spiro atoms. The Morgan fingerprint density at radius 3 is 2.72 bits per heavy atom. The van der Waals surface area contributed by atoms with Crippen molar-refractivity contribution < 1.29 is 13.2 Å². The molecule has 0 unspecified atom stereocenters. The van der Waals surface area contributed by atoms with Gasteiger partial charge in [0, 0.05) is 30.2 Å². The molecule has 0 N–H and O–H groups in total. The zero-order valence-electron chi connectivity index (χ0n) is 10.5. The molecule has 0 amide bonds. The van der Waals surface area contributed by atoms with Crippen LogP contribution in [0.15, 0.2) is 11.1 Å². The number of ether oxygens (including phenoxy) is 1. The highest BCUT2D eigenvalue weighted by Crippen LogP contribution is 2.22. The zero-order chi connectivity index (χ0) is 13.2. The second kappa shape index (κ2) is 6.03. The van der Waals surface area contributed by atoms with E-state index in [1.807, 2.05) is 0 Å². The average molecular weight is 338 g/mol. The van der Waals surface area contributed by atoms with Crippen LogP contribution in [0, 0.1) is 0 Å². The first-order valence-electron chi connectivity index (χ1n) is 6.35. The van der Waals surface area contributed by atoms with Crippen molar-refractivity contribution in [3.05, 3.63) is 11.1 Å². The maximum atomic E-state index is 11.6. The van der Waals surface area contributed by atoms with Crippen LogP contribution in [0.4, 0.5) is 0 Å². The molecule has 0 bridgehead atoms. The summed E-state index contributed by atoms with van der Waals surface area (Å²) in [4.78, 5) is 2.21. The van der Waals surface area contributed by atoms with E-state index in [4.69, 9.17) is 4.74 Å². The van der Waals surface area contributed by atoms with E-state index in [1.165, 1.54) is 0 Å². The first-order valence-corrected chi connectivity index (χ1v) is 8.97. The lowest BCUT2D eigenvalue weighted by Crippen LogP contribution is -2.41. The smallest absolute Gasteiger partial charge is 0.151 e. The van der Waals surface area contributed by atoms with E-state index in [1.54, 1.807) is 0 Å². The Labute approximate surface area is 117 Å². The summed E-state index contributed by atoms with van der Waals surface area (Å²) in [7, 11) is -2.84. The van der Waals surface area contributed by atoms with Crippen molar-refractivity contribution in [3.63, 3.8) is 0 Å². The number of nitrogens with zero attached hydrogens (tertiary/aromatic N) is 1. The summed E-state index contributed by atoms with van der Waals surface area (Å²) in [6.45, 7) is 6.20. The SMILES string of the molecule is C=C(Br)CN(C[C@H]1CCCO1)[C@H]1CCS(=O)(=O)C1. The van der Waals surface area contributed by atoms with Gasteiger partial charge in [0.1, 0.15) is 0 Å². The van der Waals surface area contributed by atoms with E-state index in [0.29, 0.717) is 12.3 Å². The molecule has 2 heterocycles. The first kappa shape index (κ1) is 14.5. The van der Waals surface area contributed by atoms with E-state index in [0.717, 1.165) is 36.9 Å². The largest absolute Gasteiger partial charge is 0.377 e. The molecule has 2 aliphatic heterocycles. The first-order chi connectivity index (χ1) is 8.46. The van der Waals surface area contributed by atoms with Crippen LogP contribution in [-0.2, 0) is 14.6 Å². The molecule has 0 aromatic carbocycles. The fourth-order valence-corrected chi connectivity index (χ4v) is 4.76. The van der Waals surface area contributed by atoms with Crippen molar-refractivity contribution in [1.82, 2.24) is 4.90 Å². The minimum absolute atomic E-state index is 0.119. The second-order valence-electron chi connectivity index (χ2n) is 5.14. The van der Waals surface area contributed by atoms with Crippen molar-refractivity contribution in [3.8, 4) is 0 Å². The van der Waals surface area contributed by atoms with Gasteiger partial charge >= 0.3 is 0 Å². The van der Waals surface area contributed by atoms with Crippen molar-refractivity contribution in [2.45, 2.75) is 31.4 Å². The van der Waals surface area contributed by atoms with E-state index in [9.17, 15) is 8.42 Å². The third-order valence-corrected chi connectivity index (χ3v) is 5.56. The summed E-state index contributed by atoms with van der Waals surface area (Å²) in [5, 5.41) is 0. The van der Waals surface area contributed by atoms with Crippen LogP contribution in [0.25, 0.3) is 0 Å². The van der Waals surface area contributed by atoms with Gasteiger partial charge in [-0.15, -0.1) is 0 Å². The molecule has 6 heteroatoms. The highest BCUT2D eigenvalue weighted by Gasteiger charge is 2.33. The summed E-state index contributed by atoms with van der Waals surface area (Å²) < 4.78 is 29.7. The molecule has 104 valence electrons. The minimum Gasteiger partial charge on any atom is -0.377 e. The van der Waals surface area contributed by atoms with Gasteiger partial charge in [-0.3, -0.25) is 4.90 Å². The Morgan fingerprint density at radius 1 is 1.44 bits per heavy atom. The molecule has 2 aliphatic rings. The van der Waals surface area contributed by atoms with Gasteiger partial charge in [0.2, 0.25) is 0 Å². The minimum atomic E-state index is -2.84. The second-order valence-corrected chi connectivity index (χ2v) is 8.49. The van der Waals surface area contributed by atoms with Crippen LogP contribution < -0.4 is 0 Å². The maximum absolute atomic E-state index is 11.6. The van der Waals surface area contributed by atoms with Gasteiger partial charge in [-0.1, -0.05) is 22.5 Å². The molecule has 0 aromatic rings. The predicted octanol–water partition coefficient (Wildman–Crippen LogP) is 1.56. The molecular weight excluding hydrogens is 318 g/mol. The lowest BCUT2D eigenvalue weighted by atomic mass is 10.1. The molecule has 0 aliphatic carbocycles. The summed E-state index contributed by atoms with van der Waals surface area (Å²) in [6.07, 6.45) is 3.16. The quantitative estimate of drug-likeness (QED) is 0.763. The molecule has 2 fully saturated rings. The van der Waals surface area contributed by atoms with Gasteiger partial charge in [0.15, 0.2) is 9.84 Å². The normalized spacial score (nSPS) is 31.0. The summed E-state index contributed by atoms with van der Waals surface area (Å²) in [5.74, 6) is 0.592. The van der Waals surface area contributed by atoms with E-state index in [2.05, 4.69) is 27.4 Å². The predicted molar refractivity (Wildman–Crippen MR) is 75.7 cm³/mol. The van der Waals surface area contributed by atoms with Gasteiger partial charge in [0.25, 0.3) is 0 Å². The van der Waals surface area contributed by atoms with E-state index < -0.39 is 9.84 Å². The highest BCUT2D eigenvalue weighted by atomic mass is 79.9. The zero-order valence-corrected chi connectivity index (χ0v) is 12.9. The van der Waals surface area contributed by atoms with Crippen LogP contribution in [0.3, 0.4) is 0 Å². The molecular formula is C12H20BrNO3S.